The molecule has 4 rings (SSSR count). The lowest BCUT2D eigenvalue weighted by atomic mass is 9.94. The van der Waals surface area contributed by atoms with E-state index < -0.39 is 0 Å². The third kappa shape index (κ3) is 4.56. The fourth-order valence-electron chi connectivity index (χ4n) is 4.43. The van der Waals surface area contributed by atoms with E-state index in [1.165, 1.54) is 31.4 Å². The Hall–Kier alpha value is -2.53. The number of hydrazone groups is 1. The summed E-state index contributed by atoms with van der Waals surface area (Å²) < 4.78 is 13.4. The average Bonchev–Trinajstić information content (AvgIpc) is 3.21. The molecule has 1 aliphatic heterocycles. The molecular formula is C24H28FN3O. The van der Waals surface area contributed by atoms with Crippen LogP contribution in [-0.2, 0) is 4.79 Å². The summed E-state index contributed by atoms with van der Waals surface area (Å²) >= 11 is 0. The summed E-state index contributed by atoms with van der Waals surface area (Å²) in [4.78, 5) is 15.4. The van der Waals surface area contributed by atoms with Gasteiger partial charge in [0.05, 0.1) is 18.3 Å². The lowest BCUT2D eigenvalue weighted by Crippen LogP contribution is -2.41. The van der Waals surface area contributed by atoms with Crippen LogP contribution in [0.3, 0.4) is 0 Å². The normalized spacial score (nSPS) is 20.2. The molecule has 0 radical (unpaired) electrons. The lowest BCUT2D eigenvalue weighted by Gasteiger charge is -2.32. The van der Waals surface area contributed by atoms with E-state index in [1.54, 1.807) is 17.1 Å². The molecule has 1 amide bonds. The van der Waals surface area contributed by atoms with Crippen LogP contribution in [0.4, 0.5) is 4.39 Å². The molecule has 0 bridgehead atoms. The van der Waals surface area contributed by atoms with Gasteiger partial charge in [-0.1, -0.05) is 61.7 Å². The van der Waals surface area contributed by atoms with Crippen molar-refractivity contribution in [1.29, 1.82) is 0 Å². The first-order valence-corrected chi connectivity index (χ1v) is 10.5. The van der Waals surface area contributed by atoms with Crippen LogP contribution in [0.5, 0.6) is 0 Å². The van der Waals surface area contributed by atoms with Gasteiger partial charge in [0.2, 0.25) is 0 Å². The van der Waals surface area contributed by atoms with E-state index in [0.717, 1.165) is 29.7 Å². The molecule has 0 saturated heterocycles. The Balaban J connectivity index is 1.56. The number of hydrogen-bond donors (Lipinski definition) is 0. The molecule has 0 aromatic heterocycles. The summed E-state index contributed by atoms with van der Waals surface area (Å²) in [5, 5.41) is 6.34. The molecular weight excluding hydrogens is 365 g/mol. The van der Waals surface area contributed by atoms with Gasteiger partial charge in [-0.25, -0.2) is 9.40 Å². The second kappa shape index (κ2) is 8.87. The number of rotatable bonds is 5. The summed E-state index contributed by atoms with van der Waals surface area (Å²) in [6.07, 6.45) is 6.71. The van der Waals surface area contributed by atoms with E-state index >= 15 is 0 Å². The maximum absolute atomic E-state index is 13.4. The molecule has 0 unspecified atom stereocenters. The van der Waals surface area contributed by atoms with E-state index in [4.69, 9.17) is 5.10 Å². The highest BCUT2D eigenvalue weighted by molar-refractivity contribution is 6.03. The first-order chi connectivity index (χ1) is 14.1. The van der Waals surface area contributed by atoms with Crippen molar-refractivity contribution in [2.75, 3.05) is 13.6 Å². The van der Waals surface area contributed by atoms with Gasteiger partial charge in [-0.15, -0.1) is 0 Å². The molecule has 1 aliphatic carbocycles. The van der Waals surface area contributed by atoms with Crippen molar-refractivity contribution < 1.29 is 9.18 Å². The summed E-state index contributed by atoms with van der Waals surface area (Å²) in [5.74, 6) is -0.274. The van der Waals surface area contributed by atoms with Crippen molar-refractivity contribution >= 4 is 11.6 Å². The predicted molar refractivity (Wildman–Crippen MR) is 113 cm³/mol. The molecule has 2 aliphatic rings. The SMILES string of the molecule is CN(CC(=O)N1N=C(c2ccccc2)C[C@H]1c1ccc(F)cc1)C1CCCCC1. The Morgan fingerprint density at radius 1 is 1.07 bits per heavy atom. The van der Waals surface area contributed by atoms with Crippen LogP contribution >= 0.6 is 0 Å². The van der Waals surface area contributed by atoms with E-state index in [0.29, 0.717) is 19.0 Å². The molecule has 1 heterocycles. The fraction of sp³-hybridized carbons (Fsp3) is 0.417. The zero-order chi connectivity index (χ0) is 20.2. The number of nitrogens with zero attached hydrogens (tertiary/aromatic N) is 3. The summed E-state index contributed by atoms with van der Waals surface area (Å²) in [6.45, 7) is 0.355. The van der Waals surface area contributed by atoms with Crippen LogP contribution in [0.1, 0.15) is 55.7 Å². The van der Waals surface area contributed by atoms with Crippen molar-refractivity contribution in [3.63, 3.8) is 0 Å². The molecule has 2 aromatic rings. The number of likely N-dealkylation sites (N-methyl/N-ethyl adjacent to an activating group) is 1. The number of hydrogen-bond acceptors (Lipinski definition) is 3. The topological polar surface area (TPSA) is 35.9 Å². The van der Waals surface area contributed by atoms with Gasteiger partial charge in [0.1, 0.15) is 5.82 Å². The third-order valence-electron chi connectivity index (χ3n) is 6.11. The van der Waals surface area contributed by atoms with Gasteiger partial charge in [-0.2, -0.15) is 5.10 Å². The molecule has 1 saturated carbocycles. The van der Waals surface area contributed by atoms with E-state index in [9.17, 15) is 9.18 Å². The zero-order valence-electron chi connectivity index (χ0n) is 16.9. The Bertz CT molecular complexity index is 859. The van der Waals surface area contributed by atoms with Gasteiger partial charge in [0.15, 0.2) is 0 Å². The van der Waals surface area contributed by atoms with Crippen molar-refractivity contribution in [2.24, 2.45) is 5.10 Å². The van der Waals surface area contributed by atoms with Crippen molar-refractivity contribution in [1.82, 2.24) is 9.91 Å². The Labute approximate surface area is 172 Å². The van der Waals surface area contributed by atoms with Crippen LogP contribution in [0, 0.1) is 5.82 Å². The van der Waals surface area contributed by atoms with E-state index in [2.05, 4.69) is 4.90 Å². The van der Waals surface area contributed by atoms with Gasteiger partial charge in [0.25, 0.3) is 5.91 Å². The van der Waals surface area contributed by atoms with Crippen molar-refractivity contribution in [2.45, 2.75) is 50.6 Å². The van der Waals surface area contributed by atoms with E-state index in [-0.39, 0.29) is 17.8 Å². The quantitative estimate of drug-likeness (QED) is 0.734. The monoisotopic (exact) mass is 393 g/mol. The van der Waals surface area contributed by atoms with E-state index in [1.807, 2.05) is 37.4 Å². The third-order valence-corrected chi connectivity index (χ3v) is 6.11. The minimum absolute atomic E-state index is 0.00155. The highest BCUT2D eigenvalue weighted by atomic mass is 19.1. The fourth-order valence-corrected chi connectivity index (χ4v) is 4.43. The number of carbonyl (C=O) groups is 1. The molecule has 4 nitrogen and oxygen atoms in total. The average molecular weight is 394 g/mol. The maximum atomic E-state index is 13.4. The Kier molecular flexibility index (Phi) is 6.05. The smallest absolute Gasteiger partial charge is 0.257 e. The number of amides is 1. The molecule has 5 heteroatoms. The number of benzene rings is 2. The van der Waals surface area contributed by atoms with Gasteiger partial charge in [0, 0.05) is 12.5 Å². The highest BCUT2D eigenvalue weighted by Crippen LogP contribution is 2.33. The number of halogens is 1. The van der Waals surface area contributed by atoms with Crippen LogP contribution in [0.2, 0.25) is 0 Å². The molecule has 1 atom stereocenters. The molecule has 2 aromatic carbocycles. The van der Waals surface area contributed by atoms with Crippen LogP contribution in [0.25, 0.3) is 0 Å². The molecule has 29 heavy (non-hydrogen) atoms. The Morgan fingerprint density at radius 3 is 2.45 bits per heavy atom. The predicted octanol–water partition coefficient (Wildman–Crippen LogP) is 4.77. The number of carbonyl (C=O) groups excluding carboxylic acids is 1. The minimum Gasteiger partial charge on any atom is -0.295 e. The first-order valence-electron chi connectivity index (χ1n) is 10.5. The van der Waals surface area contributed by atoms with Crippen molar-refractivity contribution in [3.05, 3.63) is 71.5 Å². The van der Waals surface area contributed by atoms with Crippen LogP contribution < -0.4 is 0 Å². The minimum atomic E-state index is -0.272. The van der Waals surface area contributed by atoms with Crippen molar-refractivity contribution in [3.8, 4) is 0 Å². The standard InChI is InChI=1S/C24H28FN3O/c1-27(21-10-6-3-7-11-21)17-24(29)28-23(19-12-14-20(25)15-13-19)16-22(26-28)18-8-4-2-5-9-18/h2,4-5,8-9,12-15,21,23H,3,6-7,10-11,16-17H2,1H3/t23-/m0/s1. The molecule has 0 N–H and O–H groups in total. The van der Waals surface area contributed by atoms with Gasteiger partial charge in [-0.05, 0) is 43.1 Å². The van der Waals surface area contributed by atoms with Gasteiger partial charge >= 0.3 is 0 Å². The van der Waals surface area contributed by atoms with Crippen LogP contribution in [0.15, 0.2) is 59.7 Å². The second-order valence-corrected chi connectivity index (χ2v) is 8.13. The largest absolute Gasteiger partial charge is 0.295 e. The maximum Gasteiger partial charge on any atom is 0.257 e. The summed E-state index contributed by atoms with van der Waals surface area (Å²) in [7, 11) is 2.04. The molecule has 152 valence electrons. The molecule has 0 spiro atoms. The van der Waals surface area contributed by atoms with Crippen LogP contribution in [-0.4, -0.2) is 41.2 Å². The van der Waals surface area contributed by atoms with Gasteiger partial charge < -0.3 is 0 Å². The highest BCUT2D eigenvalue weighted by Gasteiger charge is 2.34. The summed E-state index contributed by atoms with van der Waals surface area (Å²) in [5.41, 5.74) is 2.83. The zero-order valence-corrected chi connectivity index (χ0v) is 16.9. The first kappa shape index (κ1) is 19.8. The second-order valence-electron chi connectivity index (χ2n) is 8.13. The summed E-state index contributed by atoms with van der Waals surface area (Å²) in [6, 6.07) is 16.7. The Morgan fingerprint density at radius 2 is 1.76 bits per heavy atom. The molecule has 1 fully saturated rings. The lowest BCUT2D eigenvalue weighted by molar-refractivity contribution is -0.134. The van der Waals surface area contributed by atoms with Gasteiger partial charge in [-0.3, -0.25) is 9.69 Å².